The predicted molar refractivity (Wildman–Crippen MR) is 76.0 cm³/mol. The zero-order valence-electron chi connectivity index (χ0n) is 10.8. The number of aromatic nitrogens is 1. The van der Waals surface area contributed by atoms with Crippen LogP contribution >= 0.6 is 0 Å². The quantitative estimate of drug-likeness (QED) is 0.772. The maximum absolute atomic E-state index is 5.19. The third kappa shape index (κ3) is 2.37. The second-order valence-electron chi connectivity index (χ2n) is 4.51. The Morgan fingerprint density at radius 1 is 1.21 bits per heavy atom. The topological polar surface area (TPSA) is 38.1 Å². The van der Waals surface area contributed by atoms with Gasteiger partial charge in [0.25, 0.3) is 0 Å². The Labute approximate surface area is 112 Å². The van der Waals surface area contributed by atoms with Crippen LogP contribution in [0, 0.1) is 0 Å². The summed E-state index contributed by atoms with van der Waals surface area (Å²) in [5.74, 6) is 0. The molecule has 1 unspecified atom stereocenters. The fourth-order valence-electron chi connectivity index (χ4n) is 2.32. The van der Waals surface area contributed by atoms with Crippen LogP contribution in [0.4, 0.5) is 0 Å². The molecule has 1 atom stereocenters. The third-order valence-electron chi connectivity index (χ3n) is 3.23. The van der Waals surface area contributed by atoms with Gasteiger partial charge >= 0.3 is 0 Å². The van der Waals surface area contributed by atoms with E-state index in [1.54, 1.807) is 12.5 Å². The summed E-state index contributed by atoms with van der Waals surface area (Å²) < 4.78 is 5.19. The molecular weight excluding hydrogens is 236 g/mol. The molecule has 1 aromatic carbocycles. The van der Waals surface area contributed by atoms with Crippen LogP contribution in [-0.2, 0) is 0 Å². The number of nitrogens with one attached hydrogen (secondary N) is 1. The van der Waals surface area contributed by atoms with Crippen molar-refractivity contribution in [2.24, 2.45) is 0 Å². The van der Waals surface area contributed by atoms with Gasteiger partial charge in [0.1, 0.15) is 0 Å². The first-order valence-electron chi connectivity index (χ1n) is 6.48. The summed E-state index contributed by atoms with van der Waals surface area (Å²) in [7, 11) is 0. The van der Waals surface area contributed by atoms with Gasteiger partial charge in [-0.3, -0.25) is 4.98 Å². The van der Waals surface area contributed by atoms with Crippen molar-refractivity contribution in [1.82, 2.24) is 10.3 Å². The van der Waals surface area contributed by atoms with Crippen molar-refractivity contribution < 1.29 is 4.42 Å². The van der Waals surface area contributed by atoms with Gasteiger partial charge in [0.05, 0.1) is 24.1 Å². The Hall–Kier alpha value is -2.13. The monoisotopic (exact) mass is 252 g/mol. The van der Waals surface area contributed by atoms with E-state index in [0.29, 0.717) is 0 Å². The summed E-state index contributed by atoms with van der Waals surface area (Å²) in [6, 6.07) is 12.5. The lowest BCUT2D eigenvalue weighted by Gasteiger charge is -2.16. The molecule has 3 nitrogen and oxygen atoms in total. The average Bonchev–Trinajstić information content (AvgIpc) is 2.98. The molecule has 96 valence electrons. The van der Waals surface area contributed by atoms with E-state index >= 15 is 0 Å². The number of fused-ring (bicyclic) bond motifs is 1. The zero-order valence-corrected chi connectivity index (χ0v) is 10.8. The van der Waals surface area contributed by atoms with Crippen LogP contribution in [0.15, 0.2) is 59.5 Å². The van der Waals surface area contributed by atoms with Crippen LogP contribution in [0.1, 0.15) is 24.1 Å². The SMILES string of the molecule is CCNC(c1ccoc1)c1cnc2ccccc2c1. The van der Waals surface area contributed by atoms with Gasteiger partial charge in [-0.1, -0.05) is 25.1 Å². The van der Waals surface area contributed by atoms with Crippen molar-refractivity contribution in [2.75, 3.05) is 6.54 Å². The Balaban J connectivity index is 2.05. The van der Waals surface area contributed by atoms with Crippen molar-refractivity contribution in [3.63, 3.8) is 0 Å². The molecule has 0 spiro atoms. The summed E-state index contributed by atoms with van der Waals surface area (Å²) in [5, 5.41) is 4.62. The highest BCUT2D eigenvalue weighted by molar-refractivity contribution is 5.78. The molecule has 19 heavy (non-hydrogen) atoms. The van der Waals surface area contributed by atoms with E-state index in [1.165, 1.54) is 0 Å². The molecule has 0 aliphatic heterocycles. The van der Waals surface area contributed by atoms with Gasteiger partial charge in [-0.15, -0.1) is 0 Å². The van der Waals surface area contributed by atoms with Crippen molar-refractivity contribution in [3.8, 4) is 0 Å². The molecule has 2 heterocycles. The number of hydrogen-bond acceptors (Lipinski definition) is 3. The Morgan fingerprint density at radius 3 is 2.89 bits per heavy atom. The van der Waals surface area contributed by atoms with E-state index < -0.39 is 0 Å². The lowest BCUT2D eigenvalue weighted by atomic mass is 10.0. The average molecular weight is 252 g/mol. The van der Waals surface area contributed by atoms with E-state index in [2.05, 4.69) is 29.4 Å². The van der Waals surface area contributed by atoms with Gasteiger partial charge < -0.3 is 9.73 Å². The van der Waals surface area contributed by atoms with E-state index in [4.69, 9.17) is 4.42 Å². The van der Waals surface area contributed by atoms with E-state index in [9.17, 15) is 0 Å². The van der Waals surface area contributed by atoms with Gasteiger partial charge in [-0.05, 0) is 30.3 Å². The van der Waals surface area contributed by atoms with Gasteiger partial charge in [0.15, 0.2) is 0 Å². The minimum absolute atomic E-state index is 0.126. The second-order valence-corrected chi connectivity index (χ2v) is 4.51. The normalized spacial score (nSPS) is 12.7. The van der Waals surface area contributed by atoms with Crippen LogP contribution in [0.5, 0.6) is 0 Å². The number of benzene rings is 1. The van der Waals surface area contributed by atoms with Crippen LogP contribution in [0.2, 0.25) is 0 Å². The molecule has 3 rings (SSSR count). The third-order valence-corrected chi connectivity index (χ3v) is 3.23. The lowest BCUT2D eigenvalue weighted by molar-refractivity contribution is 0.553. The van der Waals surface area contributed by atoms with Gasteiger partial charge in [0.2, 0.25) is 0 Å². The first kappa shape index (κ1) is 11.9. The minimum atomic E-state index is 0.126. The molecule has 0 amide bonds. The molecule has 2 aromatic heterocycles. The van der Waals surface area contributed by atoms with E-state index in [0.717, 1.165) is 28.6 Å². The van der Waals surface area contributed by atoms with Gasteiger partial charge in [-0.2, -0.15) is 0 Å². The summed E-state index contributed by atoms with van der Waals surface area (Å²) in [4.78, 5) is 4.52. The molecule has 0 saturated heterocycles. The summed E-state index contributed by atoms with van der Waals surface area (Å²) in [5.41, 5.74) is 3.30. The van der Waals surface area contributed by atoms with Crippen LogP contribution in [-0.4, -0.2) is 11.5 Å². The lowest BCUT2D eigenvalue weighted by Crippen LogP contribution is -2.21. The highest BCUT2D eigenvalue weighted by atomic mass is 16.3. The molecule has 0 radical (unpaired) electrons. The molecule has 1 N–H and O–H groups in total. The maximum atomic E-state index is 5.19. The second kappa shape index (κ2) is 5.24. The Bertz CT molecular complexity index is 661. The Morgan fingerprint density at radius 2 is 2.11 bits per heavy atom. The van der Waals surface area contributed by atoms with Gasteiger partial charge in [-0.25, -0.2) is 0 Å². The number of rotatable bonds is 4. The number of para-hydroxylation sites is 1. The predicted octanol–water partition coefficient (Wildman–Crippen LogP) is 3.53. The Kier molecular flexibility index (Phi) is 3.29. The standard InChI is InChI=1S/C16H16N2O/c1-2-17-16(13-7-8-19-11-13)14-9-12-5-3-4-6-15(12)18-10-14/h3-11,16-17H,2H2,1H3. The number of hydrogen-bond donors (Lipinski definition) is 1. The first-order chi connectivity index (χ1) is 9.38. The molecule has 3 heteroatoms. The summed E-state index contributed by atoms with van der Waals surface area (Å²) in [6.07, 6.45) is 5.42. The van der Waals surface area contributed by atoms with Gasteiger partial charge in [0, 0.05) is 17.1 Å². The summed E-state index contributed by atoms with van der Waals surface area (Å²) >= 11 is 0. The molecule has 0 fully saturated rings. The zero-order chi connectivity index (χ0) is 13.1. The molecule has 0 bridgehead atoms. The largest absolute Gasteiger partial charge is 0.472 e. The summed E-state index contributed by atoms with van der Waals surface area (Å²) in [6.45, 7) is 2.99. The fraction of sp³-hybridized carbons (Fsp3) is 0.188. The van der Waals surface area contributed by atoms with Crippen molar-refractivity contribution in [3.05, 3.63) is 66.2 Å². The first-order valence-corrected chi connectivity index (χ1v) is 6.48. The highest BCUT2D eigenvalue weighted by Gasteiger charge is 2.14. The van der Waals surface area contributed by atoms with Crippen molar-refractivity contribution in [1.29, 1.82) is 0 Å². The smallest absolute Gasteiger partial charge is 0.0953 e. The number of nitrogens with zero attached hydrogens (tertiary/aromatic N) is 1. The molecule has 0 aliphatic rings. The van der Waals surface area contributed by atoms with E-state index in [-0.39, 0.29) is 6.04 Å². The maximum Gasteiger partial charge on any atom is 0.0953 e. The van der Waals surface area contributed by atoms with Crippen molar-refractivity contribution in [2.45, 2.75) is 13.0 Å². The van der Waals surface area contributed by atoms with Crippen LogP contribution < -0.4 is 5.32 Å². The highest BCUT2D eigenvalue weighted by Crippen LogP contribution is 2.24. The minimum Gasteiger partial charge on any atom is -0.472 e. The van der Waals surface area contributed by atoms with Crippen LogP contribution in [0.3, 0.4) is 0 Å². The molecular formula is C16H16N2O. The molecule has 0 aliphatic carbocycles. The van der Waals surface area contributed by atoms with Crippen LogP contribution in [0.25, 0.3) is 10.9 Å². The molecule has 3 aromatic rings. The van der Waals surface area contributed by atoms with E-state index in [1.807, 2.05) is 30.5 Å². The molecule has 0 saturated carbocycles. The number of furan rings is 1. The fourth-order valence-corrected chi connectivity index (χ4v) is 2.32. The van der Waals surface area contributed by atoms with Crippen molar-refractivity contribution >= 4 is 10.9 Å². The number of pyridine rings is 1.